The summed E-state index contributed by atoms with van der Waals surface area (Å²) < 4.78 is 1.32. The van der Waals surface area contributed by atoms with Gasteiger partial charge in [-0.15, -0.1) is 0 Å². The van der Waals surface area contributed by atoms with Gasteiger partial charge in [-0.2, -0.15) is 0 Å². The van der Waals surface area contributed by atoms with Gasteiger partial charge in [0.25, 0.3) is 5.24 Å². The van der Waals surface area contributed by atoms with Crippen LogP contribution in [0.4, 0.5) is 11.4 Å². The topological polar surface area (TPSA) is 83.6 Å². The van der Waals surface area contributed by atoms with Crippen LogP contribution in [0.1, 0.15) is 37.6 Å². The van der Waals surface area contributed by atoms with E-state index < -0.39 is 17.1 Å². The van der Waals surface area contributed by atoms with E-state index in [9.17, 15) is 19.2 Å². The number of imide groups is 1. The number of hydrogen-bond acceptors (Lipinski definition) is 4. The first-order valence-electron chi connectivity index (χ1n) is 6.55. The average molecular weight is 688 g/mol. The zero-order valence-corrected chi connectivity index (χ0v) is 20.0. The maximum atomic E-state index is 11.9. The average Bonchev–Trinajstić information content (AvgIpc) is 2.46. The lowest BCUT2D eigenvalue weighted by molar-refractivity contribution is -0.124. The number of amides is 3. The van der Waals surface area contributed by atoms with Crippen LogP contribution < -0.4 is 10.2 Å². The molecule has 0 fully saturated rings. The number of nitrogens with one attached hydrogen (secondary N) is 1. The summed E-state index contributed by atoms with van der Waals surface area (Å²) in [6, 6.07) is 0. The summed E-state index contributed by atoms with van der Waals surface area (Å²) >= 11 is 11.4. The second kappa shape index (κ2) is 9.07. The van der Waals surface area contributed by atoms with Crippen LogP contribution in [0.5, 0.6) is 0 Å². The smallest absolute Gasteiger partial charge is 0.254 e. The summed E-state index contributed by atoms with van der Waals surface area (Å²) in [7, 11) is 0. The van der Waals surface area contributed by atoms with Gasteiger partial charge in [0.1, 0.15) is 0 Å². The van der Waals surface area contributed by atoms with Crippen molar-refractivity contribution < 1.29 is 19.2 Å². The molecule has 130 valence electrons. The maximum absolute atomic E-state index is 11.9. The fraction of sp³-hybridized carbons (Fsp3) is 0.286. The highest BCUT2D eigenvalue weighted by Crippen LogP contribution is 2.41. The quantitative estimate of drug-likeness (QED) is 0.382. The molecule has 0 aliphatic carbocycles. The van der Waals surface area contributed by atoms with Crippen molar-refractivity contribution in [1.29, 1.82) is 0 Å². The third-order valence-electron chi connectivity index (χ3n) is 2.93. The third-order valence-corrected chi connectivity index (χ3v) is 6.30. The minimum Gasteiger partial charge on any atom is -0.324 e. The molecule has 0 unspecified atom stereocenters. The number of carbonyl (C=O) groups is 4. The Hall–Kier alpha value is -0.0200. The van der Waals surface area contributed by atoms with Crippen molar-refractivity contribution in [2.24, 2.45) is 0 Å². The molecule has 0 aliphatic rings. The Balaban J connectivity index is 3.88. The molecule has 0 aromatic heterocycles. The van der Waals surface area contributed by atoms with Crippen LogP contribution >= 0.6 is 79.4 Å². The van der Waals surface area contributed by atoms with Crippen LogP contribution in [0, 0.1) is 10.7 Å². The number of rotatable bonds is 4. The van der Waals surface area contributed by atoms with Crippen molar-refractivity contribution in [1.82, 2.24) is 0 Å². The van der Waals surface area contributed by atoms with Gasteiger partial charge < -0.3 is 5.32 Å². The fourth-order valence-corrected chi connectivity index (χ4v) is 6.81. The van der Waals surface area contributed by atoms with Gasteiger partial charge in [0, 0.05) is 20.3 Å². The maximum Gasteiger partial charge on any atom is 0.254 e. The van der Waals surface area contributed by atoms with Crippen LogP contribution in [-0.2, 0) is 14.4 Å². The molecule has 10 heteroatoms. The highest BCUT2D eigenvalue weighted by Gasteiger charge is 2.30. The second-order valence-electron chi connectivity index (χ2n) is 4.59. The summed E-state index contributed by atoms with van der Waals surface area (Å²) in [6.07, 6.45) is 0.237. The monoisotopic (exact) mass is 688 g/mol. The van der Waals surface area contributed by atoms with E-state index in [2.05, 4.69) is 5.32 Å². The molecule has 6 nitrogen and oxygen atoms in total. The van der Waals surface area contributed by atoms with Crippen LogP contribution in [0.15, 0.2) is 0 Å². The standard InChI is InChI=1S/C14H12ClI3N2O4/c1-4-7(23)19-12-9(16)8(14(15)24)10(17)13(11(12)18)20(5(2)21)6(3)22/h4H2,1-3H3,(H,19,23). The van der Waals surface area contributed by atoms with Crippen LogP contribution in [0.2, 0.25) is 0 Å². The van der Waals surface area contributed by atoms with E-state index in [4.69, 9.17) is 11.6 Å². The molecule has 24 heavy (non-hydrogen) atoms. The lowest BCUT2D eigenvalue weighted by Crippen LogP contribution is -2.35. The van der Waals surface area contributed by atoms with E-state index in [1.165, 1.54) is 13.8 Å². The second-order valence-corrected chi connectivity index (χ2v) is 8.17. The number of halogens is 4. The summed E-state index contributed by atoms with van der Waals surface area (Å²) in [5, 5.41) is 1.97. The predicted octanol–water partition coefficient (Wildman–Crippen LogP) is 4.13. The molecule has 0 aliphatic heterocycles. The molecule has 0 saturated heterocycles. The number of carbonyl (C=O) groups excluding carboxylic acids is 4. The van der Waals surface area contributed by atoms with E-state index in [-0.39, 0.29) is 23.6 Å². The Bertz CT molecular complexity index is 738. The van der Waals surface area contributed by atoms with Gasteiger partial charge in [0.2, 0.25) is 17.7 Å². The van der Waals surface area contributed by atoms with Crippen molar-refractivity contribution >= 4 is 114 Å². The fourth-order valence-electron chi connectivity index (χ4n) is 1.89. The molecule has 0 saturated carbocycles. The first kappa shape index (κ1) is 22.0. The molecule has 0 radical (unpaired) electrons. The lowest BCUT2D eigenvalue weighted by Gasteiger charge is -2.24. The molecular weight excluding hydrogens is 676 g/mol. The van der Waals surface area contributed by atoms with Gasteiger partial charge in [-0.1, -0.05) is 6.92 Å². The third kappa shape index (κ3) is 4.58. The molecule has 1 rings (SSSR count). The van der Waals surface area contributed by atoms with Crippen LogP contribution in [0.3, 0.4) is 0 Å². The molecule has 0 heterocycles. The Kier molecular flexibility index (Phi) is 8.33. The van der Waals surface area contributed by atoms with Gasteiger partial charge in [0.15, 0.2) is 0 Å². The molecule has 1 aromatic rings. The minimum absolute atomic E-state index is 0.146. The highest BCUT2D eigenvalue weighted by atomic mass is 127. The van der Waals surface area contributed by atoms with Crippen molar-refractivity contribution in [3.05, 3.63) is 16.3 Å². The van der Waals surface area contributed by atoms with E-state index in [0.29, 0.717) is 16.4 Å². The Morgan fingerprint density at radius 1 is 1.00 bits per heavy atom. The van der Waals surface area contributed by atoms with E-state index in [1.807, 2.05) is 67.8 Å². The van der Waals surface area contributed by atoms with Crippen molar-refractivity contribution in [3.8, 4) is 0 Å². The number of nitrogens with zero attached hydrogens (tertiary/aromatic N) is 1. The number of benzene rings is 1. The zero-order chi connectivity index (χ0) is 18.8. The van der Waals surface area contributed by atoms with Crippen molar-refractivity contribution in [2.45, 2.75) is 27.2 Å². The van der Waals surface area contributed by atoms with E-state index in [1.54, 1.807) is 6.92 Å². The molecular formula is C14H12ClI3N2O4. The van der Waals surface area contributed by atoms with E-state index in [0.717, 1.165) is 4.90 Å². The molecule has 3 amide bonds. The molecule has 0 spiro atoms. The SMILES string of the molecule is CCC(=O)Nc1c(I)c(C(=O)Cl)c(I)c(N(C(C)=O)C(C)=O)c1I. The van der Waals surface area contributed by atoms with Gasteiger partial charge >= 0.3 is 0 Å². The molecule has 1 aromatic carbocycles. The number of anilines is 2. The minimum atomic E-state index is -0.736. The summed E-state index contributed by atoms with van der Waals surface area (Å²) in [6.45, 7) is 4.18. The lowest BCUT2D eigenvalue weighted by atomic mass is 10.1. The van der Waals surface area contributed by atoms with Gasteiger partial charge in [-0.3, -0.25) is 19.2 Å². The van der Waals surface area contributed by atoms with Gasteiger partial charge in [0.05, 0.1) is 27.6 Å². The summed E-state index contributed by atoms with van der Waals surface area (Å²) in [5.74, 6) is -1.26. The van der Waals surface area contributed by atoms with Crippen LogP contribution in [-0.4, -0.2) is 23.0 Å². The molecule has 1 N–H and O–H groups in total. The van der Waals surface area contributed by atoms with Crippen LogP contribution in [0.25, 0.3) is 0 Å². The largest absolute Gasteiger partial charge is 0.324 e. The van der Waals surface area contributed by atoms with Gasteiger partial charge in [-0.25, -0.2) is 4.90 Å². The molecule has 0 atom stereocenters. The van der Waals surface area contributed by atoms with E-state index >= 15 is 0 Å². The Morgan fingerprint density at radius 3 is 1.88 bits per heavy atom. The first-order valence-corrected chi connectivity index (χ1v) is 10.2. The zero-order valence-electron chi connectivity index (χ0n) is 12.8. The predicted molar refractivity (Wildman–Crippen MR) is 118 cm³/mol. The normalized spacial score (nSPS) is 10.3. The Labute approximate surface area is 184 Å². The Morgan fingerprint density at radius 2 is 1.50 bits per heavy atom. The highest BCUT2D eigenvalue weighted by molar-refractivity contribution is 14.1. The summed E-state index contributed by atoms with van der Waals surface area (Å²) in [4.78, 5) is 48.5. The van der Waals surface area contributed by atoms with Crippen molar-refractivity contribution in [2.75, 3.05) is 10.2 Å². The molecule has 0 bridgehead atoms. The van der Waals surface area contributed by atoms with Gasteiger partial charge in [-0.05, 0) is 79.4 Å². The van der Waals surface area contributed by atoms with Crippen molar-refractivity contribution in [3.63, 3.8) is 0 Å². The summed E-state index contributed by atoms with van der Waals surface area (Å²) in [5.41, 5.74) is 0.745. The first-order chi connectivity index (χ1) is 11.0. The number of hydrogen-bond donors (Lipinski definition) is 1.